The maximum Gasteiger partial charge on any atom is 0.415 e. The topological polar surface area (TPSA) is 41.3 Å². The molecule has 3 rings (SSSR count). The van der Waals surface area contributed by atoms with Gasteiger partial charge in [-0.15, -0.1) is 0 Å². The van der Waals surface area contributed by atoms with Crippen LogP contribution in [0.5, 0.6) is 0 Å². The molecule has 0 bridgehead atoms. The highest BCUT2D eigenvalue weighted by Gasteiger charge is 2.38. The van der Waals surface area contributed by atoms with Crippen LogP contribution in [0, 0.1) is 0 Å². The van der Waals surface area contributed by atoms with Crippen LogP contribution in [0.4, 0.5) is 13.2 Å². The maximum absolute atomic E-state index is 12.5. The van der Waals surface area contributed by atoms with Gasteiger partial charge in [0.25, 0.3) is 0 Å². The van der Waals surface area contributed by atoms with Crippen molar-refractivity contribution < 1.29 is 18.3 Å². The first-order valence-corrected chi connectivity index (χ1v) is 7.94. The second-order valence-electron chi connectivity index (χ2n) is 6.23. The Bertz CT molecular complexity index is 697. The second kappa shape index (κ2) is 6.57. The number of fused-ring (bicyclic) bond motifs is 1. The van der Waals surface area contributed by atoms with Gasteiger partial charge in [0.1, 0.15) is 0 Å². The van der Waals surface area contributed by atoms with Gasteiger partial charge in [0.2, 0.25) is 0 Å². The number of aliphatic hydroxyl groups is 1. The summed E-state index contributed by atoms with van der Waals surface area (Å²) in [5.74, 6) is 0. The van der Waals surface area contributed by atoms with Gasteiger partial charge < -0.3 is 5.11 Å². The number of para-hydroxylation sites is 1. The van der Waals surface area contributed by atoms with Crippen LogP contribution in [0.3, 0.4) is 0 Å². The molecule has 0 spiro atoms. The molecule has 7 heteroatoms. The van der Waals surface area contributed by atoms with Gasteiger partial charge in [0, 0.05) is 18.8 Å². The van der Waals surface area contributed by atoms with E-state index in [1.165, 1.54) is 4.90 Å². The summed E-state index contributed by atoms with van der Waals surface area (Å²) in [5.41, 5.74) is 4.02. The van der Waals surface area contributed by atoms with Crippen LogP contribution < -0.4 is 0 Å². The van der Waals surface area contributed by atoms with Gasteiger partial charge in [-0.25, -0.2) is 4.68 Å². The van der Waals surface area contributed by atoms with Crippen LogP contribution >= 0.6 is 0 Å². The molecule has 0 saturated heterocycles. The summed E-state index contributed by atoms with van der Waals surface area (Å²) in [7, 11) is 1.57. The normalized spacial score (nSPS) is 15.8. The number of rotatable bonds is 5. The Morgan fingerprint density at radius 1 is 1.25 bits per heavy atom. The number of benzene rings is 1. The molecule has 1 heterocycles. The molecule has 1 unspecified atom stereocenters. The van der Waals surface area contributed by atoms with Crippen molar-refractivity contribution in [3.05, 3.63) is 47.3 Å². The maximum atomic E-state index is 12.5. The lowest BCUT2D eigenvalue weighted by atomic mass is 10.2. The SMILES string of the molecule is CN(Cc1nn(-c2ccccc2)c2c1CCC2)CC(O)C(F)(F)F. The molecule has 0 radical (unpaired) electrons. The van der Waals surface area contributed by atoms with E-state index in [-0.39, 0.29) is 6.54 Å². The Balaban J connectivity index is 1.80. The predicted octanol–water partition coefficient (Wildman–Crippen LogP) is 2.72. The van der Waals surface area contributed by atoms with Crippen molar-refractivity contribution in [2.45, 2.75) is 38.1 Å². The van der Waals surface area contributed by atoms with E-state index in [0.29, 0.717) is 0 Å². The van der Waals surface area contributed by atoms with Crippen molar-refractivity contribution in [1.29, 1.82) is 0 Å². The van der Waals surface area contributed by atoms with Gasteiger partial charge in [-0.1, -0.05) is 18.2 Å². The fraction of sp³-hybridized carbons (Fsp3) is 0.471. The fourth-order valence-electron chi connectivity index (χ4n) is 3.14. The Labute approximate surface area is 138 Å². The summed E-state index contributed by atoms with van der Waals surface area (Å²) in [6.07, 6.45) is -4.09. The Morgan fingerprint density at radius 2 is 1.96 bits per heavy atom. The number of nitrogens with zero attached hydrogens (tertiary/aromatic N) is 3. The van der Waals surface area contributed by atoms with E-state index in [1.54, 1.807) is 7.05 Å². The molecule has 0 fully saturated rings. The zero-order valence-corrected chi connectivity index (χ0v) is 13.4. The zero-order valence-electron chi connectivity index (χ0n) is 13.4. The predicted molar refractivity (Wildman–Crippen MR) is 84.0 cm³/mol. The number of aromatic nitrogens is 2. The van der Waals surface area contributed by atoms with Gasteiger partial charge in [0.05, 0.1) is 11.4 Å². The second-order valence-corrected chi connectivity index (χ2v) is 6.23. The quantitative estimate of drug-likeness (QED) is 0.911. The van der Waals surface area contributed by atoms with Gasteiger partial charge in [-0.2, -0.15) is 18.3 Å². The molecule has 1 aromatic carbocycles. The van der Waals surface area contributed by atoms with Crippen molar-refractivity contribution in [2.24, 2.45) is 0 Å². The summed E-state index contributed by atoms with van der Waals surface area (Å²) in [4.78, 5) is 1.47. The summed E-state index contributed by atoms with van der Waals surface area (Å²) in [6, 6.07) is 9.73. The molecular formula is C17H20F3N3O. The monoisotopic (exact) mass is 339 g/mol. The Morgan fingerprint density at radius 3 is 2.62 bits per heavy atom. The molecule has 0 aliphatic heterocycles. The van der Waals surface area contributed by atoms with Crippen molar-refractivity contribution in [3.8, 4) is 5.69 Å². The minimum absolute atomic E-state index is 0.287. The standard InChI is InChI=1S/C17H20F3N3O/c1-22(11-16(24)17(18,19)20)10-14-13-8-5-9-15(13)23(21-14)12-6-3-2-4-7-12/h2-4,6-7,16,24H,5,8-11H2,1H3. The van der Waals surface area contributed by atoms with Crippen molar-refractivity contribution in [3.63, 3.8) is 0 Å². The number of hydrogen-bond donors (Lipinski definition) is 1. The molecule has 1 atom stereocenters. The van der Waals surface area contributed by atoms with E-state index in [1.807, 2.05) is 35.0 Å². The highest BCUT2D eigenvalue weighted by Crippen LogP contribution is 2.28. The molecule has 1 aliphatic rings. The van der Waals surface area contributed by atoms with Crippen LogP contribution in [-0.4, -0.2) is 45.7 Å². The van der Waals surface area contributed by atoms with E-state index in [4.69, 9.17) is 0 Å². The zero-order chi connectivity index (χ0) is 17.3. The van der Waals surface area contributed by atoms with Crippen LogP contribution in [0.1, 0.15) is 23.4 Å². The Hall–Kier alpha value is -1.86. The third-order valence-corrected chi connectivity index (χ3v) is 4.30. The highest BCUT2D eigenvalue weighted by atomic mass is 19.4. The lowest BCUT2D eigenvalue weighted by Gasteiger charge is -2.21. The molecule has 4 nitrogen and oxygen atoms in total. The first-order valence-electron chi connectivity index (χ1n) is 7.94. The number of likely N-dealkylation sites (N-methyl/N-ethyl adjacent to an activating group) is 1. The molecule has 0 saturated carbocycles. The average molecular weight is 339 g/mol. The summed E-state index contributed by atoms with van der Waals surface area (Å²) in [6.45, 7) is -0.175. The largest absolute Gasteiger partial charge is 0.415 e. The molecule has 1 aliphatic carbocycles. The number of alkyl halides is 3. The minimum atomic E-state index is -4.60. The smallest absolute Gasteiger partial charge is 0.382 e. The first-order chi connectivity index (χ1) is 11.4. The van der Waals surface area contributed by atoms with Crippen LogP contribution in [0.15, 0.2) is 30.3 Å². The molecule has 24 heavy (non-hydrogen) atoms. The van der Waals surface area contributed by atoms with Crippen molar-refractivity contribution in [2.75, 3.05) is 13.6 Å². The van der Waals surface area contributed by atoms with E-state index >= 15 is 0 Å². The Kier molecular flexibility index (Phi) is 4.64. The average Bonchev–Trinajstić information content (AvgIpc) is 3.11. The first kappa shape index (κ1) is 17.0. The molecule has 130 valence electrons. The van der Waals surface area contributed by atoms with Crippen LogP contribution in [-0.2, 0) is 19.4 Å². The molecule has 0 amide bonds. The third kappa shape index (κ3) is 3.47. The van der Waals surface area contributed by atoms with E-state index in [2.05, 4.69) is 5.10 Å². The van der Waals surface area contributed by atoms with Crippen molar-refractivity contribution in [1.82, 2.24) is 14.7 Å². The fourth-order valence-corrected chi connectivity index (χ4v) is 3.14. The van der Waals surface area contributed by atoms with Gasteiger partial charge in [0.15, 0.2) is 6.10 Å². The summed E-state index contributed by atoms with van der Waals surface area (Å²) < 4.78 is 39.4. The number of aliphatic hydroxyl groups excluding tert-OH is 1. The molecule has 2 aromatic rings. The van der Waals surface area contributed by atoms with Crippen LogP contribution in [0.25, 0.3) is 5.69 Å². The highest BCUT2D eigenvalue weighted by molar-refractivity contribution is 5.39. The summed E-state index contributed by atoms with van der Waals surface area (Å²) in [5, 5.41) is 13.8. The van der Waals surface area contributed by atoms with E-state index < -0.39 is 18.8 Å². The van der Waals surface area contributed by atoms with E-state index in [0.717, 1.165) is 41.9 Å². The van der Waals surface area contributed by atoms with Crippen LogP contribution in [0.2, 0.25) is 0 Å². The van der Waals surface area contributed by atoms with Crippen molar-refractivity contribution >= 4 is 0 Å². The molecule has 1 aromatic heterocycles. The lowest BCUT2D eigenvalue weighted by molar-refractivity contribution is -0.207. The lowest BCUT2D eigenvalue weighted by Crippen LogP contribution is -2.39. The van der Waals surface area contributed by atoms with Gasteiger partial charge >= 0.3 is 6.18 Å². The summed E-state index contributed by atoms with van der Waals surface area (Å²) >= 11 is 0. The van der Waals surface area contributed by atoms with Gasteiger partial charge in [-0.05, 0) is 44.0 Å². The minimum Gasteiger partial charge on any atom is -0.382 e. The van der Waals surface area contributed by atoms with Gasteiger partial charge in [-0.3, -0.25) is 4.90 Å². The van der Waals surface area contributed by atoms with E-state index in [9.17, 15) is 18.3 Å². The molecular weight excluding hydrogens is 319 g/mol. The number of halogens is 3. The molecule has 1 N–H and O–H groups in total. The third-order valence-electron chi connectivity index (χ3n) is 4.30. The number of hydrogen-bond acceptors (Lipinski definition) is 3.